The summed E-state index contributed by atoms with van der Waals surface area (Å²) in [5.74, 6) is -0.316. The van der Waals surface area contributed by atoms with Crippen molar-refractivity contribution in [2.45, 2.75) is 55.8 Å². The predicted molar refractivity (Wildman–Crippen MR) is 121 cm³/mol. The van der Waals surface area contributed by atoms with Gasteiger partial charge in [-0.15, -0.1) is 11.6 Å². The minimum Gasteiger partial charge on any atom is -0.393 e. The van der Waals surface area contributed by atoms with Crippen LogP contribution in [0.2, 0.25) is 0 Å². The molecule has 1 fully saturated rings. The number of aliphatic hydroxyl groups excluding tert-OH is 1. The molecule has 2 N–H and O–H groups in total. The van der Waals surface area contributed by atoms with E-state index in [1.54, 1.807) is 30.4 Å². The van der Waals surface area contributed by atoms with E-state index in [0.717, 1.165) is 4.57 Å². The number of carbonyl (C=O) groups is 1. The Labute approximate surface area is 199 Å². The van der Waals surface area contributed by atoms with Gasteiger partial charge in [0, 0.05) is 37.6 Å². The van der Waals surface area contributed by atoms with Gasteiger partial charge < -0.3 is 15.1 Å². The summed E-state index contributed by atoms with van der Waals surface area (Å²) in [6, 6.07) is 1.25. The van der Waals surface area contributed by atoms with Crippen LogP contribution in [0.1, 0.15) is 37.2 Å². The van der Waals surface area contributed by atoms with E-state index in [-0.39, 0.29) is 62.2 Å². The van der Waals surface area contributed by atoms with Crippen molar-refractivity contribution in [3.8, 4) is 0 Å². The van der Waals surface area contributed by atoms with Crippen molar-refractivity contribution in [2.24, 2.45) is 0 Å². The van der Waals surface area contributed by atoms with Gasteiger partial charge in [-0.05, 0) is 19.3 Å². The van der Waals surface area contributed by atoms with Crippen molar-refractivity contribution >= 4 is 23.1 Å². The number of carbonyl (C=O) groups excluding carboxylic acids is 1. The highest BCUT2D eigenvalue weighted by molar-refractivity contribution is 6.23. The molecule has 3 rings (SSSR count). The molecule has 1 unspecified atom stereocenters. The molecule has 0 aromatic carbocycles. The SMILES string of the molecule is O=C(Cn1c(CCCC(F)(F)F)nc(C2=CC=CC(Cl)C=C2)cc1=O)N1CCC(O)(CO)CC1. The molecule has 34 heavy (non-hydrogen) atoms. The van der Waals surface area contributed by atoms with Crippen LogP contribution < -0.4 is 5.56 Å². The largest absolute Gasteiger partial charge is 0.393 e. The molecule has 11 heteroatoms. The number of nitrogens with zero attached hydrogens (tertiary/aromatic N) is 3. The minimum atomic E-state index is -4.34. The van der Waals surface area contributed by atoms with Crippen LogP contribution in [0, 0.1) is 0 Å². The number of allylic oxidation sites excluding steroid dienone is 6. The lowest BCUT2D eigenvalue weighted by molar-refractivity contribution is -0.138. The summed E-state index contributed by atoms with van der Waals surface area (Å²) in [4.78, 5) is 31.7. The first-order chi connectivity index (χ1) is 16.0. The van der Waals surface area contributed by atoms with Crippen molar-refractivity contribution in [3.05, 3.63) is 58.3 Å². The molecule has 1 aromatic rings. The Balaban J connectivity index is 1.85. The Kier molecular flexibility index (Phi) is 8.38. The van der Waals surface area contributed by atoms with Crippen molar-refractivity contribution in [1.82, 2.24) is 14.5 Å². The third kappa shape index (κ3) is 7.04. The van der Waals surface area contributed by atoms with Gasteiger partial charge in [-0.3, -0.25) is 14.2 Å². The Morgan fingerprint density at radius 1 is 1.26 bits per heavy atom. The number of hydrogen-bond donors (Lipinski definition) is 2. The molecule has 2 aliphatic rings. The van der Waals surface area contributed by atoms with E-state index in [0.29, 0.717) is 5.57 Å². The molecular weight excluding hydrogens is 475 g/mol. The zero-order valence-corrected chi connectivity index (χ0v) is 19.2. The zero-order valence-electron chi connectivity index (χ0n) is 18.5. The van der Waals surface area contributed by atoms with Crippen LogP contribution in [0.15, 0.2) is 41.2 Å². The van der Waals surface area contributed by atoms with E-state index < -0.39 is 36.3 Å². The average Bonchev–Trinajstić information content (AvgIpc) is 2.99. The number of hydrogen-bond acceptors (Lipinski definition) is 5. The highest BCUT2D eigenvalue weighted by Crippen LogP contribution is 2.24. The van der Waals surface area contributed by atoms with Gasteiger partial charge in [-0.25, -0.2) is 4.98 Å². The monoisotopic (exact) mass is 501 g/mol. The highest BCUT2D eigenvalue weighted by Gasteiger charge is 2.33. The van der Waals surface area contributed by atoms with Gasteiger partial charge in [0.05, 0.1) is 23.3 Å². The van der Waals surface area contributed by atoms with Crippen LogP contribution in [0.5, 0.6) is 0 Å². The Morgan fingerprint density at radius 3 is 2.62 bits per heavy atom. The fourth-order valence-electron chi connectivity index (χ4n) is 3.83. The number of piperidine rings is 1. The molecule has 186 valence electrons. The summed E-state index contributed by atoms with van der Waals surface area (Å²) < 4.78 is 39.2. The van der Waals surface area contributed by atoms with E-state index in [4.69, 9.17) is 11.6 Å². The third-order valence-corrected chi connectivity index (χ3v) is 6.20. The van der Waals surface area contributed by atoms with E-state index >= 15 is 0 Å². The predicted octanol–water partition coefficient (Wildman–Crippen LogP) is 2.59. The maximum atomic E-state index is 12.9. The van der Waals surface area contributed by atoms with Crippen LogP contribution in [0.3, 0.4) is 0 Å². The first-order valence-corrected chi connectivity index (χ1v) is 11.4. The molecule has 1 atom stereocenters. The lowest BCUT2D eigenvalue weighted by Crippen LogP contribution is -2.49. The van der Waals surface area contributed by atoms with Crippen molar-refractivity contribution in [1.29, 1.82) is 0 Å². The van der Waals surface area contributed by atoms with Gasteiger partial charge in [0.25, 0.3) is 5.56 Å². The number of amides is 1. The maximum absolute atomic E-state index is 12.9. The number of aryl methyl sites for hydroxylation is 1. The van der Waals surface area contributed by atoms with E-state index in [2.05, 4.69) is 4.98 Å². The smallest absolute Gasteiger partial charge is 0.389 e. The van der Waals surface area contributed by atoms with Crippen LogP contribution in [-0.4, -0.2) is 67.4 Å². The number of aromatic nitrogens is 2. The van der Waals surface area contributed by atoms with Crippen LogP contribution >= 0.6 is 11.6 Å². The summed E-state index contributed by atoms with van der Waals surface area (Å²) in [6.07, 6.45) is 3.10. The molecule has 0 saturated carbocycles. The number of alkyl halides is 4. The summed E-state index contributed by atoms with van der Waals surface area (Å²) in [5, 5.41) is 19.1. The van der Waals surface area contributed by atoms with Crippen molar-refractivity contribution in [3.63, 3.8) is 0 Å². The molecule has 1 amide bonds. The molecule has 0 spiro atoms. The lowest BCUT2D eigenvalue weighted by atomic mass is 9.92. The van der Waals surface area contributed by atoms with Gasteiger partial charge in [-0.1, -0.05) is 30.4 Å². The van der Waals surface area contributed by atoms with Gasteiger partial charge >= 0.3 is 6.18 Å². The quantitative estimate of drug-likeness (QED) is 0.560. The molecule has 2 heterocycles. The zero-order chi connectivity index (χ0) is 24.9. The number of aliphatic hydroxyl groups is 2. The topological polar surface area (TPSA) is 95.7 Å². The number of halogens is 4. The highest BCUT2D eigenvalue weighted by atomic mass is 35.5. The van der Waals surface area contributed by atoms with Crippen molar-refractivity contribution in [2.75, 3.05) is 19.7 Å². The van der Waals surface area contributed by atoms with Crippen LogP contribution in [-0.2, 0) is 17.8 Å². The minimum absolute atomic E-state index is 0.0916. The van der Waals surface area contributed by atoms with Gasteiger partial charge in [-0.2, -0.15) is 13.2 Å². The van der Waals surface area contributed by atoms with Crippen LogP contribution in [0.4, 0.5) is 13.2 Å². The second-order valence-corrected chi connectivity index (χ2v) is 9.03. The summed E-state index contributed by atoms with van der Waals surface area (Å²) in [5.41, 5.74) is -0.926. The van der Waals surface area contributed by atoms with Gasteiger partial charge in [0.2, 0.25) is 5.91 Å². The number of rotatable bonds is 7. The molecule has 1 aromatic heterocycles. The molecule has 1 saturated heterocycles. The van der Waals surface area contributed by atoms with Gasteiger partial charge in [0.1, 0.15) is 12.4 Å². The summed E-state index contributed by atoms with van der Waals surface area (Å²) in [7, 11) is 0. The Hall–Kier alpha value is -2.43. The van der Waals surface area contributed by atoms with Gasteiger partial charge in [0.15, 0.2) is 0 Å². The summed E-state index contributed by atoms with van der Waals surface area (Å²) >= 11 is 6.06. The summed E-state index contributed by atoms with van der Waals surface area (Å²) in [6.45, 7) is -0.386. The molecular formula is C23H27ClF3N3O4. The Bertz CT molecular complexity index is 1040. The number of likely N-dealkylation sites (tertiary alicyclic amines) is 1. The van der Waals surface area contributed by atoms with E-state index in [1.165, 1.54) is 11.0 Å². The Morgan fingerprint density at radius 2 is 1.97 bits per heavy atom. The van der Waals surface area contributed by atoms with E-state index in [1.807, 2.05) is 0 Å². The molecule has 1 aliphatic carbocycles. The maximum Gasteiger partial charge on any atom is 0.389 e. The molecule has 1 aliphatic heterocycles. The normalized spacial score (nSPS) is 20.2. The first-order valence-electron chi connectivity index (χ1n) is 11.0. The second-order valence-electron chi connectivity index (χ2n) is 8.52. The molecule has 0 radical (unpaired) electrons. The first kappa shape index (κ1) is 26.2. The lowest BCUT2D eigenvalue weighted by Gasteiger charge is -2.37. The third-order valence-electron chi connectivity index (χ3n) is 5.91. The second kappa shape index (κ2) is 10.9. The van der Waals surface area contributed by atoms with Crippen molar-refractivity contribution < 1.29 is 28.2 Å². The van der Waals surface area contributed by atoms with E-state index in [9.17, 15) is 33.0 Å². The molecule has 0 bridgehead atoms. The standard InChI is InChI=1S/C23H27ClF3N3O4/c24-17-4-1-3-16(6-7-17)18-13-20(32)30(19(28-18)5-2-8-23(25,26)27)14-21(33)29-11-9-22(34,15-31)10-12-29/h1,3-4,6-7,13,17,31,34H,2,5,8-12,14-15H2. The van der Waals surface area contributed by atoms with Crippen LogP contribution in [0.25, 0.3) is 5.57 Å². The average molecular weight is 502 g/mol. The molecule has 7 nitrogen and oxygen atoms in total. The fourth-order valence-corrected chi connectivity index (χ4v) is 3.98. The fraction of sp³-hybridized carbons (Fsp3) is 0.522.